The molecule has 0 aromatic heterocycles. The molecule has 1 nitrogen and oxygen atoms in total. The van der Waals surface area contributed by atoms with Crippen molar-refractivity contribution in [3.63, 3.8) is 0 Å². The van der Waals surface area contributed by atoms with E-state index in [0.717, 1.165) is 19.0 Å². The highest BCUT2D eigenvalue weighted by molar-refractivity contribution is 4.96. The van der Waals surface area contributed by atoms with Crippen LogP contribution in [0.2, 0.25) is 0 Å². The first-order valence-electron chi connectivity index (χ1n) is 5.45. The molecule has 0 radical (unpaired) electrons. The minimum Gasteiger partial charge on any atom is -0.333 e. The molecular formula is C12H19N. The van der Waals surface area contributed by atoms with Gasteiger partial charge in [0.2, 0.25) is 0 Å². The van der Waals surface area contributed by atoms with Gasteiger partial charge >= 0.3 is 0 Å². The smallest absolute Gasteiger partial charge is 0.0286 e. The molecule has 13 heavy (non-hydrogen) atoms. The standard InChI is InChI=1S/C12H19N/c1-3-13-8-7-12(5-4-6-12)9-11(2)10-13/h1,11H,4-10H2,2H3/t11-/m0/s1. The number of terminal acetylenes is 1. The Hall–Kier alpha value is -0.640. The zero-order valence-corrected chi connectivity index (χ0v) is 8.55. The van der Waals surface area contributed by atoms with Gasteiger partial charge in [0.05, 0.1) is 0 Å². The molecule has 0 aromatic rings. The normalized spacial score (nSPS) is 32.0. The number of rotatable bonds is 0. The van der Waals surface area contributed by atoms with Crippen molar-refractivity contribution in [2.75, 3.05) is 13.1 Å². The van der Waals surface area contributed by atoms with Crippen LogP contribution in [-0.2, 0) is 0 Å². The SMILES string of the molecule is C#CN1CCC2(CCC2)C[C@H](C)C1. The second-order valence-corrected chi connectivity index (χ2v) is 4.99. The lowest BCUT2D eigenvalue weighted by molar-refractivity contribution is 0.0986. The van der Waals surface area contributed by atoms with Crippen molar-refractivity contribution in [2.45, 2.75) is 39.0 Å². The van der Waals surface area contributed by atoms with Gasteiger partial charge in [-0.3, -0.25) is 0 Å². The van der Waals surface area contributed by atoms with E-state index in [1.54, 1.807) is 0 Å². The van der Waals surface area contributed by atoms with Crippen LogP contribution in [0.15, 0.2) is 0 Å². The molecule has 0 N–H and O–H groups in total. The summed E-state index contributed by atoms with van der Waals surface area (Å²) in [7, 11) is 0. The Morgan fingerprint density at radius 3 is 2.69 bits per heavy atom. The summed E-state index contributed by atoms with van der Waals surface area (Å²) in [6, 6.07) is 2.79. The van der Waals surface area contributed by atoms with Gasteiger partial charge in [-0.05, 0) is 37.0 Å². The summed E-state index contributed by atoms with van der Waals surface area (Å²) in [6.45, 7) is 4.58. The Morgan fingerprint density at radius 1 is 1.38 bits per heavy atom. The third-order valence-corrected chi connectivity index (χ3v) is 3.82. The summed E-state index contributed by atoms with van der Waals surface area (Å²) in [4.78, 5) is 2.16. The van der Waals surface area contributed by atoms with Crippen molar-refractivity contribution in [2.24, 2.45) is 11.3 Å². The minimum atomic E-state index is 0.699. The van der Waals surface area contributed by atoms with Gasteiger partial charge in [0, 0.05) is 19.1 Å². The summed E-state index contributed by atoms with van der Waals surface area (Å²) in [5.41, 5.74) is 0.699. The van der Waals surface area contributed by atoms with Crippen molar-refractivity contribution in [1.29, 1.82) is 0 Å². The molecule has 1 atom stereocenters. The van der Waals surface area contributed by atoms with Gasteiger partial charge in [0.15, 0.2) is 0 Å². The minimum absolute atomic E-state index is 0.699. The van der Waals surface area contributed by atoms with Gasteiger partial charge in [-0.15, -0.1) is 0 Å². The maximum atomic E-state index is 5.46. The van der Waals surface area contributed by atoms with Crippen molar-refractivity contribution < 1.29 is 0 Å². The quantitative estimate of drug-likeness (QED) is 0.514. The largest absolute Gasteiger partial charge is 0.333 e. The summed E-state index contributed by atoms with van der Waals surface area (Å²) in [5, 5.41) is 0. The van der Waals surface area contributed by atoms with Gasteiger partial charge in [0.25, 0.3) is 0 Å². The van der Waals surface area contributed by atoms with E-state index in [4.69, 9.17) is 6.42 Å². The fourth-order valence-electron chi connectivity index (χ4n) is 2.99. The predicted octanol–water partition coefficient (Wildman–Crippen LogP) is 2.48. The van der Waals surface area contributed by atoms with Crippen LogP contribution in [0.1, 0.15) is 39.0 Å². The lowest BCUT2D eigenvalue weighted by atomic mass is 9.63. The Morgan fingerprint density at radius 2 is 2.15 bits per heavy atom. The Kier molecular flexibility index (Phi) is 2.24. The van der Waals surface area contributed by atoms with Gasteiger partial charge in [-0.1, -0.05) is 19.8 Å². The molecule has 0 bridgehead atoms. The van der Waals surface area contributed by atoms with Crippen molar-refractivity contribution >= 4 is 0 Å². The molecular weight excluding hydrogens is 158 g/mol. The summed E-state index contributed by atoms with van der Waals surface area (Å²) in [6.07, 6.45) is 12.6. The van der Waals surface area contributed by atoms with E-state index in [-0.39, 0.29) is 0 Å². The number of hydrogen-bond acceptors (Lipinski definition) is 1. The van der Waals surface area contributed by atoms with Crippen LogP contribution in [0.4, 0.5) is 0 Å². The molecule has 1 spiro atoms. The summed E-state index contributed by atoms with van der Waals surface area (Å²) >= 11 is 0. The van der Waals surface area contributed by atoms with E-state index in [9.17, 15) is 0 Å². The fraction of sp³-hybridized carbons (Fsp3) is 0.833. The molecule has 2 fully saturated rings. The van der Waals surface area contributed by atoms with Gasteiger partial charge in [-0.2, -0.15) is 0 Å². The van der Waals surface area contributed by atoms with E-state index in [2.05, 4.69) is 17.9 Å². The summed E-state index contributed by atoms with van der Waals surface area (Å²) in [5.74, 6) is 0.791. The Labute approximate surface area is 81.5 Å². The predicted molar refractivity (Wildman–Crippen MR) is 55.1 cm³/mol. The van der Waals surface area contributed by atoms with E-state index in [1.165, 1.54) is 32.1 Å². The number of likely N-dealkylation sites (tertiary alicyclic amines) is 1. The first-order chi connectivity index (χ1) is 6.24. The third-order valence-electron chi connectivity index (χ3n) is 3.82. The van der Waals surface area contributed by atoms with Crippen molar-refractivity contribution in [3.05, 3.63) is 0 Å². The van der Waals surface area contributed by atoms with Crippen LogP contribution >= 0.6 is 0 Å². The molecule has 0 unspecified atom stereocenters. The third kappa shape index (κ3) is 1.68. The molecule has 1 saturated carbocycles. The second kappa shape index (κ2) is 3.25. The van der Waals surface area contributed by atoms with Crippen molar-refractivity contribution in [1.82, 2.24) is 4.90 Å². The fourth-order valence-corrected chi connectivity index (χ4v) is 2.99. The monoisotopic (exact) mass is 177 g/mol. The first-order valence-corrected chi connectivity index (χ1v) is 5.45. The highest BCUT2D eigenvalue weighted by atomic mass is 15.1. The van der Waals surface area contributed by atoms with Crippen LogP contribution in [0.5, 0.6) is 0 Å². The number of hydrogen-bond donors (Lipinski definition) is 0. The first kappa shape index (κ1) is 8.94. The lowest BCUT2D eigenvalue weighted by Gasteiger charge is -2.42. The number of nitrogens with zero attached hydrogens (tertiary/aromatic N) is 1. The van der Waals surface area contributed by atoms with E-state index < -0.39 is 0 Å². The molecule has 1 heteroatoms. The molecule has 72 valence electrons. The maximum absolute atomic E-state index is 5.46. The maximum Gasteiger partial charge on any atom is 0.0286 e. The lowest BCUT2D eigenvalue weighted by Crippen LogP contribution is -2.31. The van der Waals surface area contributed by atoms with Gasteiger partial charge in [0.1, 0.15) is 0 Å². The summed E-state index contributed by atoms with van der Waals surface area (Å²) < 4.78 is 0. The second-order valence-electron chi connectivity index (χ2n) is 4.99. The molecule has 0 aromatic carbocycles. The molecule has 2 rings (SSSR count). The van der Waals surface area contributed by atoms with Gasteiger partial charge in [-0.25, -0.2) is 0 Å². The van der Waals surface area contributed by atoms with Crippen LogP contribution in [0.25, 0.3) is 0 Å². The Bertz CT molecular complexity index is 222. The average molecular weight is 177 g/mol. The molecule has 1 heterocycles. The average Bonchev–Trinajstić information content (AvgIpc) is 2.22. The van der Waals surface area contributed by atoms with Crippen molar-refractivity contribution in [3.8, 4) is 12.5 Å². The van der Waals surface area contributed by atoms with E-state index in [0.29, 0.717) is 5.41 Å². The zero-order chi connectivity index (χ0) is 9.31. The highest BCUT2D eigenvalue weighted by Crippen LogP contribution is 2.49. The zero-order valence-electron chi connectivity index (χ0n) is 8.55. The Balaban J connectivity index is 2.01. The van der Waals surface area contributed by atoms with Gasteiger partial charge < -0.3 is 4.90 Å². The molecule has 1 aliphatic heterocycles. The molecule has 1 aliphatic carbocycles. The van der Waals surface area contributed by atoms with Crippen LogP contribution < -0.4 is 0 Å². The molecule has 2 aliphatic rings. The molecule has 0 amide bonds. The van der Waals surface area contributed by atoms with Crippen LogP contribution in [-0.4, -0.2) is 18.0 Å². The van der Waals surface area contributed by atoms with Crippen LogP contribution in [0.3, 0.4) is 0 Å². The highest BCUT2D eigenvalue weighted by Gasteiger charge is 2.39. The topological polar surface area (TPSA) is 3.24 Å². The van der Waals surface area contributed by atoms with Crippen LogP contribution in [0, 0.1) is 23.8 Å². The van der Waals surface area contributed by atoms with E-state index >= 15 is 0 Å². The van der Waals surface area contributed by atoms with E-state index in [1.807, 2.05) is 0 Å². The molecule has 1 saturated heterocycles.